The second-order valence-electron chi connectivity index (χ2n) is 2.77. The van der Waals surface area contributed by atoms with E-state index in [9.17, 15) is 13.2 Å². The lowest BCUT2D eigenvalue weighted by Gasteiger charge is -2.04. The van der Waals surface area contributed by atoms with Gasteiger partial charge in [-0.05, 0) is 24.3 Å². The van der Waals surface area contributed by atoms with E-state index < -0.39 is 21.3 Å². The number of carbonyl (C=O) groups excluding carboxylic acids is 1. The average molecular weight is 265 g/mol. The van der Waals surface area contributed by atoms with Crippen LogP contribution in [-0.4, -0.2) is 26.7 Å². The Labute approximate surface area is 98.1 Å². The standard InChI is InChI=1S/C9H9ClO5S/c1-14-9(11)7-2-4-8(5-3-7)15-16(12,13)6-10/h2-5H,6H2,1H3. The van der Waals surface area contributed by atoms with Crippen molar-refractivity contribution in [1.29, 1.82) is 0 Å². The fraction of sp³-hybridized carbons (Fsp3) is 0.222. The minimum atomic E-state index is -3.76. The number of ether oxygens (including phenoxy) is 1. The Kier molecular flexibility index (Phi) is 4.14. The van der Waals surface area contributed by atoms with E-state index >= 15 is 0 Å². The fourth-order valence-electron chi connectivity index (χ4n) is 0.933. The number of carbonyl (C=O) groups is 1. The molecule has 0 aromatic heterocycles. The van der Waals surface area contributed by atoms with Crippen molar-refractivity contribution < 1.29 is 22.1 Å². The molecule has 0 fully saturated rings. The van der Waals surface area contributed by atoms with Crippen LogP contribution in [0.25, 0.3) is 0 Å². The Morgan fingerprint density at radius 1 is 1.31 bits per heavy atom. The summed E-state index contributed by atoms with van der Waals surface area (Å²) in [5, 5.41) is -0.633. The molecule has 0 aliphatic carbocycles. The van der Waals surface area contributed by atoms with Gasteiger partial charge >= 0.3 is 16.1 Å². The molecule has 0 aliphatic rings. The Hall–Kier alpha value is -1.27. The van der Waals surface area contributed by atoms with Gasteiger partial charge in [0.15, 0.2) is 5.21 Å². The third kappa shape index (κ3) is 3.39. The molecule has 1 rings (SSSR count). The highest BCUT2D eigenvalue weighted by Crippen LogP contribution is 2.15. The van der Waals surface area contributed by atoms with Crippen molar-refractivity contribution in [3.05, 3.63) is 29.8 Å². The highest BCUT2D eigenvalue weighted by Gasteiger charge is 2.11. The van der Waals surface area contributed by atoms with Gasteiger partial charge in [0.25, 0.3) is 0 Å². The number of hydrogen-bond donors (Lipinski definition) is 0. The number of esters is 1. The Morgan fingerprint density at radius 3 is 2.31 bits per heavy atom. The monoisotopic (exact) mass is 264 g/mol. The molecule has 0 unspecified atom stereocenters. The van der Waals surface area contributed by atoms with Crippen molar-refractivity contribution in [3.8, 4) is 5.75 Å². The van der Waals surface area contributed by atoms with E-state index in [-0.39, 0.29) is 5.75 Å². The van der Waals surface area contributed by atoms with Crippen LogP contribution in [0.4, 0.5) is 0 Å². The molecule has 1 aromatic rings. The summed E-state index contributed by atoms with van der Waals surface area (Å²) in [6.07, 6.45) is 0. The predicted octanol–water partition coefficient (Wildman–Crippen LogP) is 1.38. The second kappa shape index (κ2) is 5.18. The van der Waals surface area contributed by atoms with Gasteiger partial charge in [-0.25, -0.2) is 4.79 Å². The summed E-state index contributed by atoms with van der Waals surface area (Å²) in [4.78, 5) is 11.1. The molecule has 16 heavy (non-hydrogen) atoms. The fourth-order valence-corrected chi connectivity index (χ4v) is 1.52. The van der Waals surface area contributed by atoms with Crippen LogP contribution in [0.2, 0.25) is 0 Å². The van der Waals surface area contributed by atoms with Gasteiger partial charge in [0, 0.05) is 0 Å². The van der Waals surface area contributed by atoms with E-state index in [0.717, 1.165) is 0 Å². The van der Waals surface area contributed by atoms with Crippen molar-refractivity contribution in [2.45, 2.75) is 0 Å². The van der Waals surface area contributed by atoms with Crippen LogP contribution in [0, 0.1) is 0 Å². The predicted molar refractivity (Wildman–Crippen MR) is 58.0 cm³/mol. The molecule has 0 spiro atoms. The summed E-state index contributed by atoms with van der Waals surface area (Å²) in [6, 6.07) is 5.47. The molecule has 0 bridgehead atoms. The number of methoxy groups -OCH3 is 1. The first-order valence-electron chi connectivity index (χ1n) is 4.15. The zero-order valence-electron chi connectivity index (χ0n) is 8.34. The first-order chi connectivity index (χ1) is 7.48. The largest absolute Gasteiger partial charge is 0.465 e. The van der Waals surface area contributed by atoms with Crippen LogP contribution in [0.1, 0.15) is 10.4 Å². The molecule has 0 aliphatic heterocycles. The van der Waals surface area contributed by atoms with Crippen molar-refractivity contribution in [2.24, 2.45) is 0 Å². The van der Waals surface area contributed by atoms with Crippen LogP contribution < -0.4 is 4.18 Å². The molecule has 0 saturated heterocycles. The number of benzene rings is 1. The molecule has 88 valence electrons. The maximum absolute atomic E-state index is 11.1. The van der Waals surface area contributed by atoms with E-state index in [4.69, 9.17) is 11.6 Å². The smallest absolute Gasteiger partial charge is 0.337 e. The number of alkyl halides is 1. The Bertz CT molecular complexity index is 465. The van der Waals surface area contributed by atoms with Gasteiger partial charge in [-0.15, -0.1) is 11.6 Å². The first kappa shape index (κ1) is 12.8. The molecule has 1 aromatic carbocycles. The van der Waals surface area contributed by atoms with Crippen molar-refractivity contribution in [2.75, 3.05) is 12.3 Å². The third-order valence-corrected chi connectivity index (χ3v) is 3.15. The summed E-state index contributed by atoms with van der Waals surface area (Å²) in [5.41, 5.74) is 0.304. The third-order valence-electron chi connectivity index (χ3n) is 1.63. The van der Waals surface area contributed by atoms with Crippen molar-refractivity contribution in [3.63, 3.8) is 0 Å². The number of hydrogen-bond acceptors (Lipinski definition) is 5. The van der Waals surface area contributed by atoms with Gasteiger partial charge in [-0.2, -0.15) is 8.42 Å². The second-order valence-corrected chi connectivity index (χ2v) is 4.92. The quantitative estimate of drug-likeness (QED) is 0.467. The van der Waals surface area contributed by atoms with Crippen LogP contribution in [0.5, 0.6) is 5.75 Å². The summed E-state index contributed by atoms with van der Waals surface area (Å²) in [7, 11) is -2.51. The number of rotatable bonds is 4. The molecular weight excluding hydrogens is 256 g/mol. The lowest BCUT2D eigenvalue weighted by molar-refractivity contribution is 0.0600. The minimum Gasteiger partial charge on any atom is -0.465 e. The lowest BCUT2D eigenvalue weighted by Crippen LogP contribution is -2.10. The highest BCUT2D eigenvalue weighted by atomic mass is 35.5. The maximum atomic E-state index is 11.1. The van der Waals surface area contributed by atoms with E-state index in [0.29, 0.717) is 5.56 Å². The molecule has 0 N–H and O–H groups in total. The van der Waals surface area contributed by atoms with E-state index in [1.807, 2.05) is 0 Å². The molecule has 0 saturated carbocycles. The summed E-state index contributed by atoms with van der Waals surface area (Å²) in [5.74, 6) is -0.417. The van der Waals surface area contributed by atoms with Crippen LogP contribution >= 0.6 is 11.6 Å². The first-order valence-corrected chi connectivity index (χ1v) is 6.26. The highest BCUT2D eigenvalue weighted by molar-refractivity contribution is 7.88. The molecule has 0 radical (unpaired) electrons. The normalized spacial score (nSPS) is 10.9. The molecule has 7 heteroatoms. The zero-order chi connectivity index (χ0) is 12.2. The molecule has 5 nitrogen and oxygen atoms in total. The summed E-state index contributed by atoms with van der Waals surface area (Å²) in [6.45, 7) is 0. The minimum absolute atomic E-state index is 0.0910. The van der Waals surface area contributed by atoms with Crippen molar-refractivity contribution in [1.82, 2.24) is 0 Å². The molecule has 0 amide bonds. The van der Waals surface area contributed by atoms with Gasteiger partial charge in [-0.1, -0.05) is 0 Å². The van der Waals surface area contributed by atoms with Gasteiger partial charge < -0.3 is 8.92 Å². The summed E-state index contributed by atoms with van der Waals surface area (Å²) >= 11 is 5.16. The van der Waals surface area contributed by atoms with Gasteiger partial charge in [-0.3, -0.25) is 0 Å². The number of halogens is 1. The van der Waals surface area contributed by atoms with E-state index in [1.165, 1.54) is 31.4 Å². The van der Waals surface area contributed by atoms with Gasteiger partial charge in [0.1, 0.15) is 5.75 Å². The maximum Gasteiger partial charge on any atom is 0.337 e. The van der Waals surface area contributed by atoms with Crippen LogP contribution in [0.3, 0.4) is 0 Å². The molecule has 0 heterocycles. The van der Waals surface area contributed by atoms with Gasteiger partial charge in [0.05, 0.1) is 12.7 Å². The van der Waals surface area contributed by atoms with Gasteiger partial charge in [0.2, 0.25) is 0 Å². The zero-order valence-corrected chi connectivity index (χ0v) is 9.92. The SMILES string of the molecule is COC(=O)c1ccc(OS(=O)(=O)CCl)cc1. The molecule has 0 atom stereocenters. The average Bonchev–Trinajstić information content (AvgIpc) is 2.28. The Balaban J connectivity index is 2.84. The summed E-state index contributed by atoms with van der Waals surface area (Å²) < 4.78 is 31.1. The van der Waals surface area contributed by atoms with Crippen molar-refractivity contribution >= 4 is 27.7 Å². The topological polar surface area (TPSA) is 69.7 Å². The van der Waals surface area contributed by atoms with Crippen LogP contribution in [0.15, 0.2) is 24.3 Å². The van der Waals surface area contributed by atoms with E-state index in [1.54, 1.807) is 0 Å². The van der Waals surface area contributed by atoms with Crippen LogP contribution in [-0.2, 0) is 14.9 Å². The van der Waals surface area contributed by atoms with E-state index in [2.05, 4.69) is 8.92 Å². The molecular formula is C9H9ClO5S. The lowest BCUT2D eigenvalue weighted by atomic mass is 10.2. The Morgan fingerprint density at radius 2 is 1.88 bits per heavy atom.